The van der Waals surface area contributed by atoms with Gasteiger partial charge in [0.05, 0.1) is 6.04 Å². The summed E-state index contributed by atoms with van der Waals surface area (Å²) >= 11 is 6.29. The molecule has 1 saturated carbocycles. The van der Waals surface area contributed by atoms with Crippen LogP contribution in [0.4, 0.5) is 0 Å². The van der Waals surface area contributed by atoms with Crippen molar-refractivity contribution in [2.75, 3.05) is 26.2 Å². The van der Waals surface area contributed by atoms with E-state index in [-0.39, 0.29) is 0 Å². The van der Waals surface area contributed by atoms with Gasteiger partial charge in [0.15, 0.2) is 0 Å². The molecule has 2 nitrogen and oxygen atoms in total. The molecule has 0 radical (unpaired) electrons. The van der Waals surface area contributed by atoms with E-state index in [1.807, 2.05) is 17.0 Å². The third kappa shape index (κ3) is 4.00. The Kier molecular flexibility index (Phi) is 5.20. The van der Waals surface area contributed by atoms with Crippen LogP contribution in [0.25, 0.3) is 0 Å². The fourth-order valence-electron chi connectivity index (χ4n) is 4.23. The number of piperazine rings is 1. The van der Waals surface area contributed by atoms with Crippen LogP contribution in [0.15, 0.2) is 24.3 Å². The molecule has 21 heavy (non-hydrogen) atoms. The molecule has 1 aromatic rings. The van der Waals surface area contributed by atoms with Crippen LogP contribution in [0.3, 0.4) is 0 Å². The molecule has 2 atom stereocenters. The van der Waals surface area contributed by atoms with Gasteiger partial charge in [0.1, 0.15) is 32.7 Å². The van der Waals surface area contributed by atoms with Crippen LogP contribution < -0.4 is 9.80 Å². The Balaban J connectivity index is 1.50. The van der Waals surface area contributed by atoms with Crippen molar-refractivity contribution in [2.45, 2.75) is 45.2 Å². The number of quaternary nitrogens is 2. The Bertz CT molecular complexity index is 454. The van der Waals surface area contributed by atoms with Crippen LogP contribution in [-0.4, -0.2) is 32.2 Å². The van der Waals surface area contributed by atoms with E-state index in [1.165, 1.54) is 57.4 Å². The van der Waals surface area contributed by atoms with Crippen molar-refractivity contribution < 1.29 is 9.80 Å². The van der Waals surface area contributed by atoms with Crippen LogP contribution >= 0.6 is 11.6 Å². The molecule has 0 bridgehead atoms. The first-order valence-electron chi connectivity index (χ1n) is 8.64. The summed E-state index contributed by atoms with van der Waals surface area (Å²) in [5.41, 5.74) is 1.31. The molecule has 1 saturated heterocycles. The molecule has 2 aliphatic rings. The molecule has 116 valence electrons. The number of hydrogen-bond donors (Lipinski definition) is 2. The van der Waals surface area contributed by atoms with Gasteiger partial charge in [-0.05, 0) is 24.8 Å². The summed E-state index contributed by atoms with van der Waals surface area (Å²) in [6, 6.07) is 9.26. The van der Waals surface area contributed by atoms with E-state index in [2.05, 4.69) is 19.1 Å². The van der Waals surface area contributed by atoms with Crippen molar-refractivity contribution in [3.63, 3.8) is 0 Å². The van der Waals surface area contributed by atoms with E-state index in [0.717, 1.165) is 23.5 Å². The van der Waals surface area contributed by atoms with E-state index in [9.17, 15) is 0 Å². The Labute approximate surface area is 134 Å². The van der Waals surface area contributed by atoms with Crippen molar-refractivity contribution in [2.24, 2.45) is 5.92 Å². The van der Waals surface area contributed by atoms with Crippen molar-refractivity contribution >= 4 is 11.6 Å². The zero-order chi connectivity index (χ0) is 14.7. The SMILES string of the molecule is C[C@H]1CCC[C@H]([NH+]2CC[NH+](Cc3ccccc3Cl)CC2)C1. The van der Waals surface area contributed by atoms with E-state index in [1.54, 1.807) is 4.90 Å². The zero-order valence-corrected chi connectivity index (χ0v) is 14.0. The number of nitrogens with one attached hydrogen (secondary N) is 2. The van der Waals surface area contributed by atoms with Gasteiger partial charge in [-0.3, -0.25) is 0 Å². The maximum Gasteiger partial charge on any atom is 0.127 e. The third-order valence-electron chi connectivity index (χ3n) is 5.51. The van der Waals surface area contributed by atoms with Crippen LogP contribution in [0.2, 0.25) is 5.02 Å². The van der Waals surface area contributed by atoms with E-state index in [0.29, 0.717) is 0 Å². The largest absolute Gasteiger partial charge is 0.323 e. The molecule has 1 aliphatic heterocycles. The third-order valence-corrected chi connectivity index (χ3v) is 5.88. The second-order valence-corrected chi connectivity index (χ2v) is 7.55. The highest BCUT2D eigenvalue weighted by Crippen LogP contribution is 2.21. The molecule has 0 amide bonds. The van der Waals surface area contributed by atoms with Crippen molar-refractivity contribution in [1.82, 2.24) is 0 Å². The predicted octanol–water partition coefficient (Wildman–Crippen LogP) is 1.20. The fourth-order valence-corrected chi connectivity index (χ4v) is 4.43. The van der Waals surface area contributed by atoms with Gasteiger partial charge < -0.3 is 9.80 Å². The minimum Gasteiger partial charge on any atom is -0.323 e. The van der Waals surface area contributed by atoms with Crippen molar-refractivity contribution in [1.29, 1.82) is 0 Å². The highest BCUT2D eigenvalue weighted by Gasteiger charge is 2.32. The van der Waals surface area contributed by atoms with E-state index >= 15 is 0 Å². The summed E-state index contributed by atoms with van der Waals surface area (Å²) in [5.74, 6) is 0.949. The zero-order valence-electron chi connectivity index (χ0n) is 13.2. The first-order chi connectivity index (χ1) is 10.2. The summed E-state index contributed by atoms with van der Waals surface area (Å²) < 4.78 is 0. The summed E-state index contributed by atoms with van der Waals surface area (Å²) in [6.45, 7) is 8.81. The Hall–Kier alpha value is -0.570. The van der Waals surface area contributed by atoms with Crippen LogP contribution in [0, 0.1) is 5.92 Å². The smallest absolute Gasteiger partial charge is 0.127 e. The molecule has 1 heterocycles. The molecule has 0 spiro atoms. The Morgan fingerprint density at radius 1 is 1.10 bits per heavy atom. The molecule has 1 aromatic carbocycles. The van der Waals surface area contributed by atoms with Crippen molar-refractivity contribution in [3.05, 3.63) is 34.9 Å². The van der Waals surface area contributed by atoms with Gasteiger partial charge in [-0.15, -0.1) is 0 Å². The summed E-state index contributed by atoms with van der Waals surface area (Å²) in [5, 5.41) is 0.931. The van der Waals surface area contributed by atoms with Crippen LogP contribution in [-0.2, 0) is 6.54 Å². The minimum absolute atomic E-state index is 0.931. The summed E-state index contributed by atoms with van der Waals surface area (Å²) in [4.78, 5) is 3.58. The van der Waals surface area contributed by atoms with Gasteiger partial charge in [-0.25, -0.2) is 0 Å². The average molecular weight is 309 g/mol. The monoisotopic (exact) mass is 308 g/mol. The predicted molar refractivity (Wildman–Crippen MR) is 88.0 cm³/mol. The Morgan fingerprint density at radius 2 is 1.86 bits per heavy atom. The number of hydrogen-bond acceptors (Lipinski definition) is 0. The second-order valence-electron chi connectivity index (χ2n) is 7.15. The minimum atomic E-state index is 0.931. The molecule has 2 N–H and O–H groups in total. The summed E-state index contributed by atoms with van der Waals surface area (Å²) in [6.07, 6.45) is 5.81. The average Bonchev–Trinajstić information content (AvgIpc) is 2.50. The van der Waals surface area contributed by atoms with Gasteiger partial charge in [0.25, 0.3) is 0 Å². The van der Waals surface area contributed by atoms with Crippen LogP contribution in [0.5, 0.6) is 0 Å². The maximum atomic E-state index is 6.29. The first kappa shape index (κ1) is 15.3. The second kappa shape index (κ2) is 7.13. The molecule has 0 unspecified atom stereocenters. The molecular weight excluding hydrogens is 280 g/mol. The standard InChI is InChI=1S/C18H27ClN2/c1-15-5-4-7-17(13-15)21-11-9-20(10-12-21)14-16-6-2-3-8-18(16)19/h2-3,6,8,15,17H,4-5,7,9-14H2,1H3/p+2/t15-,17-/m0/s1. The quantitative estimate of drug-likeness (QED) is 0.830. The number of halogens is 1. The lowest BCUT2D eigenvalue weighted by Crippen LogP contribution is -3.29. The summed E-state index contributed by atoms with van der Waals surface area (Å²) in [7, 11) is 0. The highest BCUT2D eigenvalue weighted by molar-refractivity contribution is 6.31. The molecule has 3 heteroatoms. The maximum absolute atomic E-state index is 6.29. The molecule has 3 rings (SSSR count). The van der Waals surface area contributed by atoms with Crippen molar-refractivity contribution in [3.8, 4) is 0 Å². The topological polar surface area (TPSA) is 8.88 Å². The molecule has 2 fully saturated rings. The number of rotatable bonds is 3. The Morgan fingerprint density at radius 3 is 2.57 bits per heavy atom. The van der Waals surface area contributed by atoms with Gasteiger partial charge in [0.2, 0.25) is 0 Å². The van der Waals surface area contributed by atoms with E-state index in [4.69, 9.17) is 11.6 Å². The first-order valence-corrected chi connectivity index (χ1v) is 9.01. The van der Waals surface area contributed by atoms with Gasteiger partial charge >= 0.3 is 0 Å². The lowest BCUT2D eigenvalue weighted by atomic mass is 9.86. The van der Waals surface area contributed by atoms with E-state index < -0.39 is 0 Å². The molecule has 0 aromatic heterocycles. The normalized spacial score (nSPS) is 33.8. The highest BCUT2D eigenvalue weighted by atomic mass is 35.5. The van der Waals surface area contributed by atoms with Gasteiger partial charge in [-0.1, -0.05) is 43.1 Å². The molecular formula is C18H29ClN2+2. The lowest BCUT2D eigenvalue weighted by Gasteiger charge is -2.37. The lowest BCUT2D eigenvalue weighted by molar-refractivity contribution is -1.03. The van der Waals surface area contributed by atoms with Crippen LogP contribution in [0.1, 0.15) is 38.2 Å². The number of benzene rings is 1. The van der Waals surface area contributed by atoms with Gasteiger partial charge in [-0.2, -0.15) is 0 Å². The fraction of sp³-hybridized carbons (Fsp3) is 0.667. The molecule has 1 aliphatic carbocycles. The van der Waals surface area contributed by atoms with Gasteiger partial charge in [0, 0.05) is 17.0 Å².